The van der Waals surface area contributed by atoms with Gasteiger partial charge in [-0.2, -0.15) is 0 Å². The Kier molecular flexibility index (Phi) is 3.92. The molecule has 0 aromatic carbocycles. The Morgan fingerprint density at radius 2 is 2.18 bits per heavy atom. The van der Waals surface area contributed by atoms with Crippen LogP contribution in [-0.2, 0) is 12.8 Å². The summed E-state index contributed by atoms with van der Waals surface area (Å²) in [5.74, 6) is 0. The van der Waals surface area contributed by atoms with E-state index in [1.165, 1.54) is 5.56 Å². The van der Waals surface area contributed by atoms with Gasteiger partial charge in [0.25, 0.3) is 0 Å². The number of aromatic nitrogens is 1. The number of nitrogens with zero attached hydrogens (tertiary/aromatic N) is 1. The van der Waals surface area contributed by atoms with Crippen molar-refractivity contribution >= 4 is 11.3 Å². The molecule has 2 aromatic rings. The molecule has 1 atom stereocenters. The molecule has 17 heavy (non-hydrogen) atoms. The highest BCUT2D eigenvalue weighted by molar-refractivity contribution is 7.10. The van der Waals surface area contributed by atoms with Gasteiger partial charge in [0.2, 0.25) is 0 Å². The standard InChI is InChI=1S/C14H17NOS/c1-3-11-4-5-12(15-9-11)8-13(16)14-10(2)6-7-17-14/h4-7,9,13,16H,3,8H2,1-2H3. The molecular weight excluding hydrogens is 230 g/mol. The van der Waals surface area contributed by atoms with E-state index in [4.69, 9.17) is 0 Å². The van der Waals surface area contributed by atoms with Crippen molar-refractivity contribution in [1.82, 2.24) is 4.98 Å². The monoisotopic (exact) mass is 247 g/mol. The summed E-state index contributed by atoms with van der Waals surface area (Å²) in [5, 5.41) is 12.2. The van der Waals surface area contributed by atoms with Gasteiger partial charge in [-0.1, -0.05) is 13.0 Å². The van der Waals surface area contributed by atoms with Gasteiger partial charge in [0.05, 0.1) is 6.10 Å². The second-order valence-electron chi connectivity index (χ2n) is 4.20. The van der Waals surface area contributed by atoms with E-state index in [0.29, 0.717) is 6.42 Å². The molecule has 2 rings (SSSR count). The predicted octanol–water partition coefficient (Wildman–Crippen LogP) is 3.29. The summed E-state index contributed by atoms with van der Waals surface area (Å²) in [7, 11) is 0. The first kappa shape index (κ1) is 12.3. The molecule has 0 saturated heterocycles. The van der Waals surface area contributed by atoms with Gasteiger partial charge in [0.15, 0.2) is 0 Å². The van der Waals surface area contributed by atoms with Crippen molar-refractivity contribution in [3.8, 4) is 0 Å². The molecule has 1 N–H and O–H groups in total. The highest BCUT2D eigenvalue weighted by atomic mass is 32.1. The van der Waals surface area contributed by atoms with Crippen molar-refractivity contribution in [2.45, 2.75) is 32.8 Å². The lowest BCUT2D eigenvalue weighted by Gasteiger charge is -2.09. The van der Waals surface area contributed by atoms with Gasteiger partial charge in [-0.15, -0.1) is 11.3 Å². The summed E-state index contributed by atoms with van der Waals surface area (Å²) >= 11 is 1.61. The van der Waals surface area contributed by atoms with E-state index in [1.807, 2.05) is 30.6 Å². The molecule has 0 aliphatic heterocycles. The van der Waals surface area contributed by atoms with E-state index in [0.717, 1.165) is 22.6 Å². The van der Waals surface area contributed by atoms with Crippen molar-refractivity contribution in [3.05, 3.63) is 51.5 Å². The van der Waals surface area contributed by atoms with Crippen LogP contribution in [0.5, 0.6) is 0 Å². The summed E-state index contributed by atoms with van der Waals surface area (Å²) < 4.78 is 0. The van der Waals surface area contributed by atoms with Crippen molar-refractivity contribution in [2.24, 2.45) is 0 Å². The predicted molar refractivity (Wildman–Crippen MR) is 71.3 cm³/mol. The van der Waals surface area contributed by atoms with Gasteiger partial charge in [0.1, 0.15) is 0 Å². The molecule has 90 valence electrons. The minimum absolute atomic E-state index is 0.435. The lowest BCUT2D eigenvalue weighted by Crippen LogP contribution is -2.03. The van der Waals surface area contributed by atoms with E-state index in [2.05, 4.69) is 18.0 Å². The lowest BCUT2D eigenvalue weighted by molar-refractivity contribution is 0.180. The van der Waals surface area contributed by atoms with E-state index in [1.54, 1.807) is 11.3 Å². The minimum atomic E-state index is -0.435. The number of thiophene rings is 1. The quantitative estimate of drug-likeness (QED) is 0.899. The second-order valence-corrected chi connectivity index (χ2v) is 5.15. The number of aliphatic hydroxyl groups is 1. The Hall–Kier alpha value is -1.19. The zero-order chi connectivity index (χ0) is 12.3. The Balaban J connectivity index is 2.07. The first-order chi connectivity index (χ1) is 8.20. The third kappa shape index (κ3) is 2.93. The number of rotatable bonds is 4. The van der Waals surface area contributed by atoms with Crippen LogP contribution in [0.15, 0.2) is 29.8 Å². The van der Waals surface area contributed by atoms with Crippen LogP contribution < -0.4 is 0 Å². The zero-order valence-corrected chi connectivity index (χ0v) is 11.0. The molecule has 0 amide bonds. The summed E-state index contributed by atoms with van der Waals surface area (Å²) in [6.45, 7) is 4.14. The maximum absolute atomic E-state index is 10.1. The molecule has 0 radical (unpaired) electrons. The summed E-state index contributed by atoms with van der Waals surface area (Å²) in [6, 6.07) is 6.12. The lowest BCUT2D eigenvalue weighted by atomic mass is 10.1. The minimum Gasteiger partial charge on any atom is -0.387 e. The average molecular weight is 247 g/mol. The fourth-order valence-corrected chi connectivity index (χ4v) is 2.71. The normalized spacial score (nSPS) is 12.6. The van der Waals surface area contributed by atoms with Gasteiger partial charge in [-0.3, -0.25) is 4.98 Å². The molecule has 0 aliphatic carbocycles. The molecular formula is C14H17NOS. The fraction of sp³-hybridized carbons (Fsp3) is 0.357. The van der Waals surface area contributed by atoms with Crippen LogP contribution in [0.4, 0.5) is 0 Å². The molecule has 3 heteroatoms. The average Bonchev–Trinajstić information content (AvgIpc) is 2.76. The van der Waals surface area contributed by atoms with Crippen molar-refractivity contribution in [1.29, 1.82) is 0 Å². The molecule has 0 fully saturated rings. The van der Waals surface area contributed by atoms with Crippen molar-refractivity contribution in [2.75, 3.05) is 0 Å². The van der Waals surface area contributed by atoms with Crippen LogP contribution in [0, 0.1) is 6.92 Å². The largest absolute Gasteiger partial charge is 0.387 e. The van der Waals surface area contributed by atoms with Crippen LogP contribution in [0.25, 0.3) is 0 Å². The third-order valence-electron chi connectivity index (χ3n) is 2.90. The molecule has 0 aliphatic rings. The molecule has 2 nitrogen and oxygen atoms in total. The number of hydrogen-bond donors (Lipinski definition) is 1. The first-order valence-electron chi connectivity index (χ1n) is 5.86. The van der Waals surface area contributed by atoms with Gasteiger partial charge in [0, 0.05) is 23.2 Å². The number of aryl methyl sites for hydroxylation is 2. The van der Waals surface area contributed by atoms with Gasteiger partial charge >= 0.3 is 0 Å². The number of hydrogen-bond acceptors (Lipinski definition) is 3. The molecule has 2 heterocycles. The Bertz CT molecular complexity index is 475. The Morgan fingerprint density at radius 3 is 2.71 bits per heavy atom. The Morgan fingerprint density at radius 1 is 1.35 bits per heavy atom. The first-order valence-corrected chi connectivity index (χ1v) is 6.74. The van der Waals surface area contributed by atoms with E-state index >= 15 is 0 Å². The number of aliphatic hydroxyl groups excluding tert-OH is 1. The van der Waals surface area contributed by atoms with E-state index in [-0.39, 0.29) is 0 Å². The van der Waals surface area contributed by atoms with Crippen molar-refractivity contribution in [3.63, 3.8) is 0 Å². The fourth-order valence-electron chi connectivity index (χ4n) is 1.80. The molecule has 0 bridgehead atoms. The van der Waals surface area contributed by atoms with E-state index in [9.17, 15) is 5.11 Å². The topological polar surface area (TPSA) is 33.1 Å². The zero-order valence-electron chi connectivity index (χ0n) is 10.2. The molecule has 0 spiro atoms. The van der Waals surface area contributed by atoms with Gasteiger partial charge in [-0.05, 0) is 42.0 Å². The van der Waals surface area contributed by atoms with Gasteiger partial charge < -0.3 is 5.11 Å². The highest BCUT2D eigenvalue weighted by Crippen LogP contribution is 2.26. The van der Waals surface area contributed by atoms with Crippen LogP contribution in [0.3, 0.4) is 0 Å². The maximum Gasteiger partial charge on any atom is 0.0939 e. The summed E-state index contributed by atoms with van der Waals surface area (Å²) in [4.78, 5) is 5.42. The van der Waals surface area contributed by atoms with Crippen LogP contribution >= 0.6 is 11.3 Å². The molecule has 2 aromatic heterocycles. The van der Waals surface area contributed by atoms with E-state index < -0.39 is 6.10 Å². The maximum atomic E-state index is 10.1. The smallest absolute Gasteiger partial charge is 0.0939 e. The second kappa shape index (κ2) is 5.43. The summed E-state index contributed by atoms with van der Waals surface area (Å²) in [6.07, 6.45) is 3.05. The number of pyridine rings is 1. The third-order valence-corrected chi connectivity index (χ3v) is 4.02. The van der Waals surface area contributed by atoms with Crippen molar-refractivity contribution < 1.29 is 5.11 Å². The molecule has 1 unspecified atom stereocenters. The molecule has 0 saturated carbocycles. The highest BCUT2D eigenvalue weighted by Gasteiger charge is 2.13. The van der Waals surface area contributed by atoms with Gasteiger partial charge in [-0.25, -0.2) is 0 Å². The van der Waals surface area contributed by atoms with Crippen LogP contribution in [0.2, 0.25) is 0 Å². The summed E-state index contributed by atoms with van der Waals surface area (Å²) in [5.41, 5.74) is 3.34. The van der Waals surface area contributed by atoms with Crippen LogP contribution in [-0.4, -0.2) is 10.1 Å². The van der Waals surface area contributed by atoms with Crippen LogP contribution in [0.1, 0.15) is 34.7 Å². The SMILES string of the molecule is CCc1ccc(CC(O)c2sccc2C)nc1. The Labute approximate surface area is 106 Å².